The monoisotopic (exact) mass is 731 g/mol. The van der Waals surface area contributed by atoms with Gasteiger partial charge in [-0.15, -0.1) is 0 Å². The van der Waals surface area contributed by atoms with Crippen LogP contribution in [-0.2, 0) is 4.79 Å². The summed E-state index contributed by atoms with van der Waals surface area (Å²) < 4.78 is 0. The van der Waals surface area contributed by atoms with Crippen LogP contribution in [0.25, 0.3) is 0 Å². The van der Waals surface area contributed by atoms with Crippen LogP contribution in [0.3, 0.4) is 0 Å². The van der Waals surface area contributed by atoms with Gasteiger partial charge in [0, 0.05) is 25.6 Å². The van der Waals surface area contributed by atoms with Crippen LogP contribution in [0.2, 0.25) is 0 Å². The molecule has 0 aliphatic heterocycles. The van der Waals surface area contributed by atoms with Crippen molar-refractivity contribution in [2.45, 2.75) is 284 Å². The van der Waals surface area contributed by atoms with E-state index in [4.69, 9.17) is 0 Å². The fraction of sp³-hybridized carbons (Fsp3) is 0.980. The lowest BCUT2D eigenvalue weighted by atomic mass is 9.91. The molecule has 1 fully saturated rings. The largest absolute Gasteiger partial charge is 0.343 e. The summed E-state index contributed by atoms with van der Waals surface area (Å²) in [6, 6.07) is 0.886. The van der Waals surface area contributed by atoms with Crippen molar-refractivity contribution in [3.63, 3.8) is 0 Å². The number of hydrogen-bond donors (Lipinski definition) is 0. The quantitative estimate of drug-likeness (QED) is 0.0583. The second-order valence-electron chi connectivity index (χ2n) is 17.4. The van der Waals surface area contributed by atoms with Crippen molar-refractivity contribution in [3.8, 4) is 0 Å². The standard InChI is InChI=1S/C49H98N2O/c1-4-7-10-13-16-19-20-21-22-23-24-25-28-31-36-44-50(48-41-40-42-48)45-37-34-29-30-35-43-49(52)51(46-38-32-26-17-14-11-8-5-2)47-39-33-27-18-15-12-9-6-3/h48H,4-47H2,1-3H3. The molecule has 0 radical (unpaired) electrons. The number of carbonyl (C=O) groups is 1. The lowest BCUT2D eigenvalue weighted by molar-refractivity contribution is -0.131. The maximum Gasteiger partial charge on any atom is 0.222 e. The van der Waals surface area contributed by atoms with Crippen molar-refractivity contribution >= 4 is 5.91 Å². The Kier molecular flexibility index (Phi) is 38.1. The molecular weight excluding hydrogens is 633 g/mol. The van der Waals surface area contributed by atoms with E-state index in [2.05, 4.69) is 30.6 Å². The Hall–Kier alpha value is -0.570. The summed E-state index contributed by atoms with van der Waals surface area (Å²) in [4.78, 5) is 18.4. The van der Waals surface area contributed by atoms with Gasteiger partial charge in [0.05, 0.1) is 0 Å². The van der Waals surface area contributed by atoms with Gasteiger partial charge in [-0.2, -0.15) is 0 Å². The fourth-order valence-electron chi connectivity index (χ4n) is 8.43. The second-order valence-corrected chi connectivity index (χ2v) is 17.4. The van der Waals surface area contributed by atoms with Crippen molar-refractivity contribution in [2.75, 3.05) is 26.2 Å². The van der Waals surface area contributed by atoms with Crippen LogP contribution in [0.5, 0.6) is 0 Å². The fourth-order valence-corrected chi connectivity index (χ4v) is 8.43. The molecule has 1 aliphatic carbocycles. The summed E-state index contributed by atoms with van der Waals surface area (Å²) in [5.74, 6) is 0.450. The molecule has 52 heavy (non-hydrogen) atoms. The van der Waals surface area contributed by atoms with Crippen LogP contribution in [0.1, 0.15) is 278 Å². The van der Waals surface area contributed by atoms with Gasteiger partial charge in [-0.3, -0.25) is 4.79 Å². The average molecular weight is 731 g/mol. The van der Waals surface area contributed by atoms with Crippen LogP contribution in [0.4, 0.5) is 0 Å². The Bertz CT molecular complexity index is 685. The zero-order valence-electron chi connectivity index (χ0n) is 36.5. The number of unbranched alkanes of at least 4 members (excludes halogenated alkanes) is 32. The molecule has 0 saturated heterocycles. The third-order valence-electron chi connectivity index (χ3n) is 12.4. The molecule has 1 aliphatic rings. The van der Waals surface area contributed by atoms with Gasteiger partial charge >= 0.3 is 0 Å². The predicted molar refractivity (Wildman–Crippen MR) is 234 cm³/mol. The van der Waals surface area contributed by atoms with E-state index in [0.717, 1.165) is 32.0 Å². The Balaban J connectivity index is 2.15. The topological polar surface area (TPSA) is 23.6 Å². The predicted octanol–water partition coefficient (Wildman–Crippen LogP) is 16.2. The van der Waals surface area contributed by atoms with Crippen molar-refractivity contribution in [1.29, 1.82) is 0 Å². The number of nitrogens with zero attached hydrogens (tertiary/aromatic N) is 2. The smallest absolute Gasteiger partial charge is 0.222 e. The Morgan fingerprint density at radius 3 is 0.923 bits per heavy atom. The van der Waals surface area contributed by atoms with E-state index in [1.807, 2.05) is 0 Å². The highest BCUT2D eigenvalue weighted by molar-refractivity contribution is 5.76. The van der Waals surface area contributed by atoms with E-state index in [1.165, 1.54) is 257 Å². The molecule has 3 nitrogen and oxygen atoms in total. The van der Waals surface area contributed by atoms with Crippen LogP contribution < -0.4 is 0 Å². The Morgan fingerprint density at radius 1 is 0.365 bits per heavy atom. The van der Waals surface area contributed by atoms with Gasteiger partial charge in [-0.25, -0.2) is 0 Å². The first-order chi connectivity index (χ1) is 25.7. The SMILES string of the molecule is CCCCCCCCCCCCCCCCCN(CCCCCCCC(=O)N(CCCCCCCCCC)CCCCCCCCCC)C1CCC1. The van der Waals surface area contributed by atoms with Crippen molar-refractivity contribution in [1.82, 2.24) is 9.80 Å². The molecule has 0 bridgehead atoms. The molecule has 3 heteroatoms. The summed E-state index contributed by atoms with van der Waals surface area (Å²) in [6.45, 7) is 11.6. The zero-order valence-corrected chi connectivity index (χ0v) is 36.5. The van der Waals surface area contributed by atoms with Gasteiger partial charge < -0.3 is 9.80 Å². The highest BCUT2D eigenvalue weighted by Crippen LogP contribution is 2.26. The third-order valence-corrected chi connectivity index (χ3v) is 12.4. The normalized spacial score (nSPS) is 13.3. The van der Waals surface area contributed by atoms with Gasteiger partial charge in [-0.05, 0) is 58.0 Å². The second kappa shape index (κ2) is 40.1. The first-order valence-corrected chi connectivity index (χ1v) is 24.7. The molecular formula is C49H98N2O. The minimum atomic E-state index is 0.450. The van der Waals surface area contributed by atoms with Gasteiger partial charge in [-0.1, -0.05) is 226 Å². The third kappa shape index (κ3) is 31.7. The number of rotatable bonds is 43. The molecule has 0 spiro atoms. The zero-order chi connectivity index (χ0) is 37.4. The molecule has 0 heterocycles. The number of amides is 1. The van der Waals surface area contributed by atoms with Gasteiger partial charge in [0.15, 0.2) is 0 Å². The van der Waals surface area contributed by atoms with E-state index in [0.29, 0.717) is 5.91 Å². The summed E-state index contributed by atoms with van der Waals surface area (Å²) in [6.07, 6.45) is 54.7. The number of hydrogen-bond acceptors (Lipinski definition) is 2. The van der Waals surface area contributed by atoms with Crippen molar-refractivity contribution < 1.29 is 4.79 Å². The summed E-state index contributed by atoms with van der Waals surface area (Å²) >= 11 is 0. The molecule has 0 aromatic rings. The Morgan fingerprint density at radius 2 is 0.635 bits per heavy atom. The van der Waals surface area contributed by atoms with E-state index < -0.39 is 0 Å². The summed E-state index contributed by atoms with van der Waals surface area (Å²) in [5.41, 5.74) is 0. The van der Waals surface area contributed by atoms with Gasteiger partial charge in [0.25, 0.3) is 0 Å². The summed E-state index contributed by atoms with van der Waals surface area (Å²) in [7, 11) is 0. The maximum atomic E-state index is 13.3. The molecule has 1 saturated carbocycles. The lowest BCUT2D eigenvalue weighted by Gasteiger charge is -2.37. The highest BCUT2D eigenvalue weighted by atomic mass is 16.2. The highest BCUT2D eigenvalue weighted by Gasteiger charge is 2.24. The van der Waals surface area contributed by atoms with Crippen LogP contribution in [0.15, 0.2) is 0 Å². The number of carbonyl (C=O) groups excluding carboxylic acids is 1. The molecule has 0 unspecified atom stereocenters. The lowest BCUT2D eigenvalue weighted by Crippen LogP contribution is -2.41. The first kappa shape index (κ1) is 49.4. The van der Waals surface area contributed by atoms with Crippen molar-refractivity contribution in [2.24, 2.45) is 0 Å². The van der Waals surface area contributed by atoms with E-state index in [9.17, 15) is 4.79 Å². The summed E-state index contributed by atoms with van der Waals surface area (Å²) in [5, 5.41) is 0. The maximum absolute atomic E-state index is 13.3. The van der Waals surface area contributed by atoms with E-state index in [-0.39, 0.29) is 0 Å². The molecule has 0 aromatic heterocycles. The molecule has 310 valence electrons. The average Bonchev–Trinajstić information content (AvgIpc) is 3.13. The van der Waals surface area contributed by atoms with E-state index in [1.54, 1.807) is 0 Å². The minimum absolute atomic E-state index is 0.450. The van der Waals surface area contributed by atoms with Crippen molar-refractivity contribution in [3.05, 3.63) is 0 Å². The Labute approximate surface area is 329 Å². The minimum Gasteiger partial charge on any atom is -0.343 e. The molecule has 1 amide bonds. The van der Waals surface area contributed by atoms with E-state index >= 15 is 0 Å². The van der Waals surface area contributed by atoms with Gasteiger partial charge in [0.2, 0.25) is 5.91 Å². The molecule has 0 N–H and O–H groups in total. The van der Waals surface area contributed by atoms with Gasteiger partial charge in [0.1, 0.15) is 0 Å². The molecule has 0 aromatic carbocycles. The van der Waals surface area contributed by atoms with Crippen LogP contribution in [0, 0.1) is 0 Å². The molecule has 1 rings (SSSR count). The van der Waals surface area contributed by atoms with Crippen LogP contribution in [-0.4, -0.2) is 47.9 Å². The first-order valence-electron chi connectivity index (χ1n) is 24.7. The molecule has 0 atom stereocenters. The van der Waals surface area contributed by atoms with Crippen LogP contribution >= 0.6 is 0 Å².